The van der Waals surface area contributed by atoms with Crippen LogP contribution in [-0.4, -0.2) is 64.6 Å². The average molecular weight is 482 g/mol. The monoisotopic (exact) mass is 481 g/mol. The maximum absolute atomic E-state index is 9.94. The van der Waals surface area contributed by atoms with E-state index in [0.717, 1.165) is 61.5 Å². The number of likely N-dealkylation sites (tertiary alicyclic amines) is 1. The molecule has 2 fully saturated rings. The minimum absolute atomic E-state index is 0.172. The van der Waals surface area contributed by atoms with Crippen molar-refractivity contribution in [1.82, 2.24) is 24.6 Å². The quantitative estimate of drug-likeness (QED) is 0.570. The van der Waals surface area contributed by atoms with Crippen LogP contribution in [-0.2, 0) is 4.74 Å². The summed E-state index contributed by atoms with van der Waals surface area (Å²) in [5.74, 6) is 1.84. The lowest BCUT2D eigenvalue weighted by Crippen LogP contribution is -2.47. The van der Waals surface area contributed by atoms with Crippen molar-refractivity contribution in [2.45, 2.75) is 32.2 Å². The second-order valence-corrected chi connectivity index (χ2v) is 9.60. The van der Waals surface area contributed by atoms with Crippen molar-refractivity contribution in [2.75, 3.05) is 45.7 Å². The zero-order chi connectivity index (χ0) is 24.0. The van der Waals surface area contributed by atoms with Crippen LogP contribution in [0.1, 0.15) is 47.7 Å². The molecule has 34 heavy (non-hydrogen) atoms. The Morgan fingerprint density at radius 2 is 2.18 bits per heavy atom. The predicted octanol–water partition coefficient (Wildman–Crippen LogP) is 3.30. The maximum atomic E-state index is 9.94. The fraction of sp³-hybridized carbons (Fsp3) is 0.500. The summed E-state index contributed by atoms with van der Waals surface area (Å²) in [6.45, 7) is 8.33. The zero-order valence-electron chi connectivity index (χ0n) is 19.6. The molecule has 2 N–H and O–H groups in total. The SMILES string of the molecule is COc1c([C@H](C)n2nc(C)c3c(N)ncnc32)cc(Cl)c(C#N)c1C1CN(CC2CCOC2)C1. The highest BCUT2D eigenvalue weighted by atomic mass is 35.5. The van der Waals surface area contributed by atoms with E-state index in [2.05, 4.69) is 20.9 Å². The fourth-order valence-corrected chi connectivity index (χ4v) is 5.54. The first-order valence-corrected chi connectivity index (χ1v) is 11.9. The number of aromatic nitrogens is 4. The number of nitrogens with zero attached hydrogens (tertiary/aromatic N) is 6. The van der Waals surface area contributed by atoms with Crippen molar-refractivity contribution in [3.8, 4) is 11.8 Å². The number of hydrogen-bond donors (Lipinski definition) is 1. The molecular weight excluding hydrogens is 454 g/mol. The van der Waals surface area contributed by atoms with Gasteiger partial charge in [0.25, 0.3) is 0 Å². The number of methoxy groups -OCH3 is 1. The summed E-state index contributed by atoms with van der Waals surface area (Å²) in [5.41, 5.74) is 9.70. The van der Waals surface area contributed by atoms with Crippen LogP contribution in [0, 0.1) is 24.2 Å². The van der Waals surface area contributed by atoms with Gasteiger partial charge in [0.05, 0.1) is 41.4 Å². The second kappa shape index (κ2) is 9.02. The lowest BCUT2D eigenvalue weighted by Gasteiger charge is -2.42. The Labute approximate surface area is 203 Å². The molecule has 0 saturated carbocycles. The Bertz CT molecular complexity index is 1270. The van der Waals surface area contributed by atoms with Gasteiger partial charge in [-0.2, -0.15) is 10.4 Å². The second-order valence-electron chi connectivity index (χ2n) is 9.19. The molecule has 2 aromatic heterocycles. The van der Waals surface area contributed by atoms with Crippen molar-refractivity contribution in [3.63, 3.8) is 0 Å². The summed E-state index contributed by atoms with van der Waals surface area (Å²) in [6, 6.07) is 3.87. The van der Waals surface area contributed by atoms with Gasteiger partial charge >= 0.3 is 0 Å². The number of anilines is 1. The Kier molecular flexibility index (Phi) is 6.06. The van der Waals surface area contributed by atoms with Crippen LogP contribution in [0.25, 0.3) is 11.0 Å². The van der Waals surface area contributed by atoms with Crippen LogP contribution >= 0.6 is 11.6 Å². The van der Waals surface area contributed by atoms with E-state index in [4.69, 9.17) is 31.9 Å². The molecule has 4 heterocycles. The van der Waals surface area contributed by atoms with Crippen molar-refractivity contribution in [2.24, 2.45) is 5.92 Å². The third kappa shape index (κ3) is 3.76. The molecule has 3 aromatic rings. The summed E-state index contributed by atoms with van der Waals surface area (Å²) >= 11 is 6.66. The van der Waals surface area contributed by atoms with E-state index in [0.29, 0.717) is 33.7 Å². The van der Waals surface area contributed by atoms with Crippen LogP contribution in [0.5, 0.6) is 5.75 Å². The molecule has 0 spiro atoms. The molecule has 0 aliphatic carbocycles. The number of fused-ring (bicyclic) bond motifs is 1. The minimum atomic E-state index is -0.253. The molecule has 2 saturated heterocycles. The zero-order valence-corrected chi connectivity index (χ0v) is 20.3. The normalized spacial score (nSPS) is 19.8. The molecule has 10 heteroatoms. The van der Waals surface area contributed by atoms with Gasteiger partial charge in [0.1, 0.15) is 24.0 Å². The standard InChI is InChI=1S/C24H28ClN7O2/c1-13-20-23(27)28-12-29-24(20)32(30-13)14(2)17-6-19(25)18(7-26)21(22(17)33-3)16-9-31(10-16)8-15-4-5-34-11-15/h6,12,14-16H,4-5,8-11H2,1-3H3,(H2,27,28,29)/t14-,15?/m0/s1. The predicted molar refractivity (Wildman–Crippen MR) is 129 cm³/mol. The number of hydrogen-bond acceptors (Lipinski definition) is 8. The first-order valence-electron chi connectivity index (χ1n) is 11.5. The first kappa shape index (κ1) is 22.8. The molecule has 5 rings (SSSR count). The van der Waals surface area contributed by atoms with Crippen molar-refractivity contribution < 1.29 is 9.47 Å². The van der Waals surface area contributed by atoms with Gasteiger partial charge in [-0.1, -0.05) is 11.6 Å². The fourth-order valence-electron chi connectivity index (χ4n) is 5.28. The average Bonchev–Trinajstić information content (AvgIpc) is 3.43. The molecule has 1 aromatic carbocycles. The molecule has 2 aliphatic heterocycles. The summed E-state index contributed by atoms with van der Waals surface area (Å²) in [6.07, 6.45) is 2.55. The van der Waals surface area contributed by atoms with E-state index >= 15 is 0 Å². The van der Waals surface area contributed by atoms with Crippen LogP contribution in [0.4, 0.5) is 5.82 Å². The highest BCUT2D eigenvalue weighted by Gasteiger charge is 2.36. The van der Waals surface area contributed by atoms with Gasteiger partial charge in [0, 0.05) is 43.3 Å². The summed E-state index contributed by atoms with van der Waals surface area (Å²) in [5, 5.41) is 15.8. The number of rotatable bonds is 6. The first-order chi connectivity index (χ1) is 16.4. The number of nitrogen functional groups attached to an aromatic ring is 1. The van der Waals surface area contributed by atoms with Gasteiger partial charge < -0.3 is 20.1 Å². The Morgan fingerprint density at radius 3 is 2.85 bits per heavy atom. The smallest absolute Gasteiger partial charge is 0.164 e. The van der Waals surface area contributed by atoms with E-state index in [1.807, 2.05) is 24.6 Å². The summed E-state index contributed by atoms with van der Waals surface area (Å²) in [7, 11) is 1.64. The number of halogens is 1. The van der Waals surface area contributed by atoms with Gasteiger partial charge in [-0.15, -0.1) is 0 Å². The van der Waals surface area contributed by atoms with Gasteiger partial charge in [0.15, 0.2) is 5.65 Å². The number of benzene rings is 1. The largest absolute Gasteiger partial charge is 0.496 e. The van der Waals surface area contributed by atoms with Crippen LogP contribution in [0.15, 0.2) is 12.4 Å². The molecule has 0 bridgehead atoms. The number of nitrogens with two attached hydrogens (primary N) is 1. The number of nitriles is 1. The molecule has 2 atom stereocenters. The van der Waals surface area contributed by atoms with Crippen LogP contribution in [0.3, 0.4) is 0 Å². The number of aryl methyl sites for hydroxylation is 1. The van der Waals surface area contributed by atoms with Crippen molar-refractivity contribution in [1.29, 1.82) is 5.26 Å². The van der Waals surface area contributed by atoms with Gasteiger partial charge in [-0.05, 0) is 32.3 Å². The lowest BCUT2D eigenvalue weighted by atomic mass is 9.84. The Balaban J connectivity index is 1.52. The van der Waals surface area contributed by atoms with E-state index in [1.54, 1.807) is 7.11 Å². The molecule has 1 unspecified atom stereocenters. The summed E-state index contributed by atoms with van der Waals surface area (Å²) < 4.78 is 13.3. The molecular formula is C24H28ClN7O2. The molecule has 9 nitrogen and oxygen atoms in total. The van der Waals surface area contributed by atoms with Gasteiger partial charge in [-0.25, -0.2) is 14.6 Å². The minimum Gasteiger partial charge on any atom is -0.496 e. The van der Waals surface area contributed by atoms with E-state index in [9.17, 15) is 5.26 Å². The summed E-state index contributed by atoms with van der Waals surface area (Å²) in [4.78, 5) is 10.9. The highest BCUT2D eigenvalue weighted by Crippen LogP contribution is 2.44. The van der Waals surface area contributed by atoms with Crippen LogP contribution in [0.2, 0.25) is 5.02 Å². The molecule has 0 radical (unpaired) electrons. The van der Waals surface area contributed by atoms with Crippen molar-refractivity contribution in [3.05, 3.63) is 39.8 Å². The van der Waals surface area contributed by atoms with Gasteiger partial charge in [-0.3, -0.25) is 0 Å². The lowest BCUT2D eigenvalue weighted by molar-refractivity contribution is 0.111. The van der Waals surface area contributed by atoms with Crippen molar-refractivity contribution >= 4 is 28.5 Å². The molecule has 0 amide bonds. The topological polar surface area (TPSA) is 115 Å². The maximum Gasteiger partial charge on any atom is 0.164 e. The third-order valence-corrected chi connectivity index (χ3v) is 7.33. The van der Waals surface area contributed by atoms with E-state index in [1.165, 1.54) is 6.33 Å². The Hall–Kier alpha value is -2.93. The number of ether oxygens (including phenoxy) is 2. The highest BCUT2D eigenvalue weighted by molar-refractivity contribution is 6.32. The van der Waals surface area contributed by atoms with E-state index < -0.39 is 0 Å². The van der Waals surface area contributed by atoms with Gasteiger partial charge in [0.2, 0.25) is 0 Å². The van der Waals surface area contributed by atoms with Crippen LogP contribution < -0.4 is 10.5 Å². The molecule has 178 valence electrons. The molecule has 2 aliphatic rings. The van der Waals surface area contributed by atoms with E-state index in [-0.39, 0.29) is 12.0 Å². The Morgan fingerprint density at radius 1 is 1.38 bits per heavy atom. The third-order valence-electron chi connectivity index (χ3n) is 7.03.